The molecule has 2 aromatic rings. The molecular formula is C17H18O6. The van der Waals surface area contributed by atoms with Gasteiger partial charge >= 0.3 is 5.97 Å². The first-order valence-corrected chi connectivity index (χ1v) is 6.99. The number of phenolic OH excluding ortho intramolecular Hbond substituents is 2. The topological polar surface area (TPSA) is 85.2 Å². The zero-order chi connectivity index (χ0) is 16.8. The second kappa shape index (κ2) is 7.40. The number of carbonyl (C=O) groups excluding carboxylic acids is 1. The number of hydrogen-bond acceptors (Lipinski definition) is 6. The first kappa shape index (κ1) is 16.5. The van der Waals surface area contributed by atoms with Crippen LogP contribution in [0, 0.1) is 0 Å². The largest absolute Gasteiger partial charge is 0.508 e. The predicted molar refractivity (Wildman–Crippen MR) is 83.1 cm³/mol. The Kier molecular flexibility index (Phi) is 5.30. The van der Waals surface area contributed by atoms with Crippen LogP contribution >= 0.6 is 0 Å². The number of benzene rings is 2. The van der Waals surface area contributed by atoms with E-state index in [1.165, 1.54) is 12.1 Å². The standard InChI is InChI=1S/C17H18O6/c1-11(10-22-14-5-3-4-13(9-14)21-2)23-17(20)15-7-6-12(18)8-16(15)19/h3-9,11,18-19H,10H2,1-2H3. The highest BCUT2D eigenvalue weighted by Gasteiger charge is 2.16. The molecule has 6 heteroatoms. The van der Waals surface area contributed by atoms with Crippen molar-refractivity contribution in [2.24, 2.45) is 0 Å². The summed E-state index contributed by atoms with van der Waals surface area (Å²) in [6.07, 6.45) is -0.526. The molecule has 0 aromatic heterocycles. The molecule has 0 amide bonds. The second-order valence-corrected chi connectivity index (χ2v) is 4.91. The van der Waals surface area contributed by atoms with Gasteiger partial charge in [-0.25, -0.2) is 4.79 Å². The molecule has 1 unspecified atom stereocenters. The third-order valence-corrected chi connectivity index (χ3v) is 3.04. The van der Waals surface area contributed by atoms with Gasteiger partial charge in [-0.15, -0.1) is 0 Å². The minimum atomic E-state index is -0.691. The van der Waals surface area contributed by atoms with E-state index in [2.05, 4.69) is 0 Å². The summed E-state index contributed by atoms with van der Waals surface area (Å²) in [4.78, 5) is 12.0. The van der Waals surface area contributed by atoms with Crippen molar-refractivity contribution in [1.82, 2.24) is 0 Å². The van der Waals surface area contributed by atoms with E-state index in [4.69, 9.17) is 14.2 Å². The minimum Gasteiger partial charge on any atom is -0.508 e. The molecule has 6 nitrogen and oxygen atoms in total. The van der Waals surface area contributed by atoms with Gasteiger partial charge in [-0.1, -0.05) is 6.07 Å². The van der Waals surface area contributed by atoms with Crippen LogP contribution in [-0.4, -0.2) is 36.0 Å². The van der Waals surface area contributed by atoms with Crippen molar-refractivity contribution in [2.45, 2.75) is 13.0 Å². The van der Waals surface area contributed by atoms with E-state index >= 15 is 0 Å². The first-order chi connectivity index (χ1) is 11.0. The van der Waals surface area contributed by atoms with Crippen molar-refractivity contribution < 1.29 is 29.2 Å². The van der Waals surface area contributed by atoms with Gasteiger partial charge < -0.3 is 24.4 Å². The van der Waals surface area contributed by atoms with E-state index in [1.807, 2.05) is 0 Å². The molecule has 0 spiro atoms. The molecule has 1 atom stereocenters. The van der Waals surface area contributed by atoms with E-state index in [9.17, 15) is 15.0 Å². The molecular weight excluding hydrogens is 300 g/mol. The highest BCUT2D eigenvalue weighted by Crippen LogP contribution is 2.24. The molecule has 0 aliphatic carbocycles. The Morgan fingerprint density at radius 1 is 1.13 bits per heavy atom. The van der Waals surface area contributed by atoms with E-state index in [0.29, 0.717) is 11.5 Å². The molecule has 2 aromatic carbocycles. The fourth-order valence-electron chi connectivity index (χ4n) is 1.88. The lowest BCUT2D eigenvalue weighted by molar-refractivity contribution is 0.0225. The number of carbonyl (C=O) groups is 1. The van der Waals surface area contributed by atoms with Gasteiger partial charge in [0.25, 0.3) is 0 Å². The zero-order valence-electron chi connectivity index (χ0n) is 12.9. The molecule has 2 N–H and O–H groups in total. The molecule has 0 heterocycles. The summed E-state index contributed by atoms with van der Waals surface area (Å²) >= 11 is 0. The SMILES string of the molecule is COc1cccc(OCC(C)OC(=O)c2ccc(O)cc2O)c1. The summed E-state index contributed by atoms with van der Waals surface area (Å²) < 4.78 is 15.8. The summed E-state index contributed by atoms with van der Waals surface area (Å²) in [5.74, 6) is 0.106. The third-order valence-electron chi connectivity index (χ3n) is 3.04. The summed E-state index contributed by atoms with van der Waals surface area (Å²) in [6.45, 7) is 1.83. The van der Waals surface area contributed by atoms with E-state index < -0.39 is 12.1 Å². The Morgan fingerprint density at radius 2 is 1.87 bits per heavy atom. The smallest absolute Gasteiger partial charge is 0.342 e. The van der Waals surface area contributed by atoms with Crippen molar-refractivity contribution in [3.05, 3.63) is 48.0 Å². The van der Waals surface area contributed by atoms with Crippen LogP contribution in [0.5, 0.6) is 23.0 Å². The van der Waals surface area contributed by atoms with Gasteiger partial charge in [0.05, 0.1) is 7.11 Å². The van der Waals surface area contributed by atoms with Gasteiger partial charge in [0.2, 0.25) is 0 Å². The molecule has 122 valence electrons. The zero-order valence-corrected chi connectivity index (χ0v) is 12.9. The van der Waals surface area contributed by atoms with Gasteiger partial charge in [0, 0.05) is 12.1 Å². The van der Waals surface area contributed by atoms with Crippen LogP contribution in [0.1, 0.15) is 17.3 Å². The lowest BCUT2D eigenvalue weighted by Gasteiger charge is -2.15. The monoisotopic (exact) mass is 318 g/mol. The maximum atomic E-state index is 12.0. The van der Waals surface area contributed by atoms with Crippen LogP contribution < -0.4 is 9.47 Å². The van der Waals surface area contributed by atoms with Crippen molar-refractivity contribution in [2.75, 3.05) is 13.7 Å². The molecule has 0 aliphatic rings. The molecule has 0 saturated carbocycles. The van der Waals surface area contributed by atoms with Crippen molar-refractivity contribution >= 4 is 5.97 Å². The van der Waals surface area contributed by atoms with Crippen LogP contribution in [0.2, 0.25) is 0 Å². The summed E-state index contributed by atoms with van der Waals surface area (Å²) in [5.41, 5.74) is -0.0176. The van der Waals surface area contributed by atoms with Crippen LogP contribution in [0.3, 0.4) is 0 Å². The summed E-state index contributed by atoms with van der Waals surface area (Å²) in [5, 5.41) is 18.8. The molecule has 2 rings (SSSR count). The fraction of sp³-hybridized carbons (Fsp3) is 0.235. The Morgan fingerprint density at radius 3 is 2.57 bits per heavy atom. The summed E-state index contributed by atoms with van der Waals surface area (Å²) in [6, 6.07) is 10.7. The lowest BCUT2D eigenvalue weighted by Crippen LogP contribution is -2.22. The van der Waals surface area contributed by atoms with Crippen LogP contribution in [-0.2, 0) is 4.74 Å². The lowest BCUT2D eigenvalue weighted by atomic mass is 10.2. The number of hydrogen-bond donors (Lipinski definition) is 2. The normalized spacial score (nSPS) is 11.6. The fourth-order valence-corrected chi connectivity index (χ4v) is 1.88. The third kappa shape index (κ3) is 4.54. The van der Waals surface area contributed by atoms with Gasteiger partial charge in [-0.3, -0.25) is 0 Å². The molecule has 0 aliphatic heterocycles. The Bertz CT molecular complexity index is 683. The number of ether oxygens (including phenoxy) is 3. The Hall–Kier alpha value is -2.89. The Balaban J connectivity index is 1.91. The number of methoxy groups -OCH3 is 1. The van der Waals surface area contributed by atoms with E-state index in [0.717, 1.165) is 6.07 Å². The summed E-state index contributed by atoms with van der Waals surface area (Å²) in [7, 11) is 1.56. The molecule has 0 radical (unpaired) electrons. The van der Waals surface area contributed by atoms with Crippen LogP contribution in [0.4, 0.5) is 0 Å². The first-order valence-electron chi connectivity index (χ1n) is 6.99. The molecule has 0 fully saturated rings. The molecule has 23 heavy (non-hydrogen) atoms. The number of phenols is 2. The van der Waals surface area contributed by atoms with E-state index in [1.54, 1.807) is 38.3 Å². The highest BCUT2D eigenvalue weighted by atomic mass is 16.6. The number of aromatic hydroxyl groups is 2. The highest BCUT2D eigenvalue weighted by molar-refractivity contribution is 5.92. The average Bonchev–Trinajstić information content (AvgIpc) is 2.53. The Labute approximate surface area is 133 Å². The van der Waals surface area contributed by atoms with Crippen molar-refractivity contribution in [3.63, 3.8) is 0 Å². The van der Waals surface area contributed by atoms with Gasteiger partial charge in [0.15, 0.2) is 0 Å². The number of esters is 1. The van der Waals surface area contributed by atoms with E-state index in [-0.39, 0.29) is 23.7 Å². The van der Waals surface area contributed by atoms with Crippen LogP contribution in [0.15, 0.2) is 42.5 Å². The van der Waals surface area contributed by atoms with Crippen molar-refractivity contribution in [3.8, 4) is 23.0 Å². The minimum absolute atomic E-state index is 0.0176. The van der Waals surface area contributed by atoms with Gasteiger partial charge in [0.1, 0.15) is 41.3 Å². The average molecular weight is 318 g/mol. The molecule has 0 bridgehead atoms. The van der Waals surface area contributed by atoms with Gasteiger partial charge in [-0.05, 0) is 31.2 Å². The van der Waals surface area contributed by atoms with Crippen LogP contribution in [0.25, 0.3) is 0 Å². The number of rotatable bonds is 6. The second-order valence-electron chi connectivity index (χ2n) is 4.91. The quantitative estimate of drug-likeness (QED) is 0.797. The van der Waals surface area contributed by atoms with Crippen molar-refractivity contribution in [1.29, 1.82) is 0 Å². The maximum absolute atomic E-state index is 12.0. The van der Waals surface area contributed by atoms with Gasteiger partial charge in [-0.2, -0.15) is 0 Å². The predicted octanol–water partition coefficient (Wildman–Crippen LogP) is 2.73. The maximum Gasteiger partial charge on any atom is 0.342 e. The molecule has 0 saturated heterocycles.